The van der Waals surface area contributed by atoms with Crippen molar-refractivity contribution in [2.75, 3.05) is 12.0 Å². The molecule has 1 rings (SSSR count). The van der Waals surface area contributed by atoms with Gasteiger partial charge in [0, 0.05) is 12.5 Å². The second-order valence-electron chi connectivity index (χ2n) is 5.65. The molecule has 1 aromatic heterocycles. The van der Waals surface area contributed by atoms with Gasteiger partial charge in [0.1, 0.15) is 6.10 Å². The smallest absolute Gasteiger partial charge is 0.341 e. The molecule has 0 saturated carbocycles. The van der Waals surface area contributed by atoms with Crippen LogP contribution < -0.4 is 0 Å². The summed E-state index contributed by atoms with van der Waals surface area (Å²) in [4.78, 5) is 11.8. The summed E-state index contributed by atoms with van der Waals surface area (Å²) in [7, 11) is -3.17. The molecular weight excluding hydrogens is 268 g/mol. The zero-order valence-electron chi connectivity index (χ0n) is 11.9. The monoisotopic (exact) mass is 288 g/mol. The average Bonchev–Trinajstić information content (AvgIpc) is 2.61. The van der Waals surface area contributed by atoms with Crippen LogP contribution in [0.25, 0.3) is 0 Å². The van der Waals surface area contributed by atoms with E-state index in [1.165, 1.54) is 6.20 Å². The van der Waals surface area contributed by atoms with Gasteiger partial charge >= 0.3 is 5.97 Å². The molecule has 0 amide bonds. The highest BCUT2D eigenvalue weighted by Crippen LogP contribution is 2.14. The third kappa shape index (κ3) is 5.02. The standard InChI is InChI=1S/C12H20N2O4S/c1-9(8-19(5,16)17)18-11(15)10-6-13-14(7-10)12(2,3)4/h6-7,9H,8H2,1-5H3. The second kappa shape index (κ2) is 5.32. The maximum Gasteiger partial charge on any atom is 0.341 e. The van der Waals surface area contributed by atoms with Crippen molar-refractivity contribution in [3.8, 4) is 0 Å². The minimum absolute atomic E-state index is 0.188. The quantitative estimate of drug-likeness (QED) is 0.779. The van der Waals surface area contributed by atoms with E-state index in [1.54, 1.807) is 17.8 Å². The Morgan fingerprint density at radius 1 is 1.47 bits per heavy atom. The Bertz CT molecular complexity index is 555. The van der Waals surface area contributed by atoms with Gasteiger partial charge in [-0.25, -0.2) is 13.2 Å². The fraction of sp³-hybridized carbons (Fsp3) is 0.667. The van der Waals surface area contributed by atoms with Gasteiger partial charge in [-0.1, -0.05) is 0 Å². The van der Waals surface area contributed by atoms with E-state index in [-0.39, 0.29) is 11.3 Å². The van der Waals surface area contributed by atoms with Gasteiger partial charge in [-0.15, -0.1) is 0 Å². The van der Waals surface area contributed by atoms with Crippen LogP contribution in [0.15, 0.2) is 12.4 Å². The lowest BCUT2D eigenvalue weighted by molar-refractivity contribution is 0.0383. The SMILES string of the molecule is CC(CS(C)(=O)=O)OC(=O)c1cnn(C(C)(C)C)c1. The number of rotatable bonds is 4. The Labute approximate surface area is 113 Å². The summed E-state index contributed by atoms with van der Waals surface area (Å²) in [6.45, 7) is 7.43. The summed E-state index contributed by atoms with van der Waals surface area (Å²) in [6, 6.07) is 0. The fourth-order valence-electron chi connectivity index (χ4n) is 1.51. The molecule has 6 nitrogen and oxygen atoms in total. The molecule has 1 heterocycles. The molecular formula is C12H20N2O4S. The zero-order valence-corrected chi connectivity index (χ0v) is 12.7. The van der Waals surface area contributed by atoms with Crippen LogP contribution in [-0.2, 0) is 20.1 Å². The van der Waals surface area contributed by atoms with Crippen LogP contribution in [0.5, 0.6) is 0 Å². The van der Waals surface area contributed by atoms with Crippen molar-refractivity contribution < 1.29 is 17.9 Å². The van der Waals surface area contributed by atoms with Gasteiger partial charge in [0.25, 0.3) is 0 Å². The predicted molar refractivity (Wildman–Crippen MR) is 71.8 cm³/mol. The van der Waals surface area contributed by atoms with Crippen LogP contribution >= 0.6 is 0 Å². The lowest BCUT2D eigenvalue weighted by Crippen LogP contribution is -2.24. The van der Waals surface area contributed by atoms with Gasteiger partial charge in [0.05, 0.1) is 23.1 Å². The van der Waals surface area contributed by atoms with Gasteiger partial charge in [-0.3, -0.25) is 4.68 Å². The number of aromatic nitrogens is 2. The Morgan fingerprint density at radius 3 is 2.47 bits per heavy atom. The number of ether oxygens (including phenoxy) is 1. The topological polar surface area (TPSA) is 78.3 Å². The molecule has 0 saturated heterocycles. The van der Waals surface area contributed by atoms with E-state index >= 15 is 0 Å². The lowest BCUT2D eigenvalue weighted by atomic mass is 10.1. The molecule has 1 atom stereocenters. The van der Waals surface area contributed by atoms with E-state index in [2.05, 4.69) is 5.10 Å². The van der Waals surface area contributed by atoms with E-state index in [9.17, 15) is 13.2 Å². The normalized spacial score (nSPS) is 14.2. The Balaban J connectivity index is 2.72. The molecule has 0 fully saturated rings. The number of esters is 1. The molecule has 0 spiro atoms. The highest BCUT2D eigenvalue weighted by atomic mass is 32.2. The number of sulfone groups is 1. The molecule has 0 N–H and O–H groups in total. The van der Waals surface area contributed by atoms with Crippen molar-refractivity contribution in [2.45, 2.75) is 39.3 Å². The van der Waals surface area contributed by atoms with E-state index in [0.717, 1.165) is 6.26 Å². The number of carbonyl (C=O) groups excluding carboxylic acids is 1. The van der Waals surface area contributed by atoms with Gasteiger partial charge in [0.15, 0.2) is 9.84 Å². The summed E-state index contributed by atoms with van der Waals surface area (Å²) >= 11 is 0. The van der Waals surface area contributed by atoms with Crippen LogP contribution in [0.4, 0.5) is 0 Å². The number of hydrogen-bond acceptors (Lipinski definition) is 5. The first kappa shape index (κ1) is 15.7. The van der Waals surface area contributed by atoms with E-state index in [1.807, 2.05) is 20.8 Å². The van der Waals surface area contributed by atoms with Crippen LogP contribution in [0.3, 0.4) is 0 Å². The molecule has 108 valence electrons. The third-order valence-corrected chi connectivity index (χ3v) is 3.43. The van der Waals surface area contributed by atoms with Crippen LogP contribution in [0.1, 0.15) is 38.1 Å². The van der Waals surface area contributed by atoms with Crippen molar-refractivity contribution in [3.05, 3.63) is 18.0 Å². The Kier molecular flexibility index (Phi) is 4.39. The molecule has 0 bridgehead atoms. The van der Waals surface area contributed by atoms with Crippen molar-refractivity contribution >= 4 is 15.8 Å². The summed E-state index contributed by atoms with van der Waals surface area (Å²) < 4.78 is 28.9. The zero-order chi connectivity index (χ0) is 14.8. The van der Waals surface area contributed by atoms with Crippen LogP contribution in [0.2, 0.25) is 0 Å². The molecule has 1 unspecified atom stereocenters. The van der Waals surface area contributed by atoms with Gasteiger partial charge in [-0.05, 0) is 27.7 Å². The molecule has 0 radical (unpaired) electrons. The first-order chi connectivity index (χ1) is 8.49. The summed E-state index contributed by atoms with van der Waals surface area (Å²) in [6.07, 6.45) is 3.44. The number of nitrogens with zero attached hydrogens (tertiary/aromatic N) is 2. The van der Waals surface area contributed by atoms with Crippen molar-refractivity contribution in [1.82, 2.24) is 9.78 Å². The minimum atomic E-state index is -3.17. The molecule has 19 heavy (non-hydrogen) atoms. The molecule has 0 aliphatic heterocycles. The Morgan fingerprint density at radius 2 is 2.05 bits per heavy atom. The van der Waals surface area contributed by atoms with Crippen molar-refractivity contribution in [1.29, 1.82) is 0 Å². The number of carbonyl (C=O) groups is 1. The fourth-order valence-corrected chi connectivity index (χ4v) is 2.43. The molecule has 0 aliphatic carbocycles. The molecule has 0 aliphatic rings. The largest absolute Gasteiger partial charge is 0.458 e. The van der Waals surface area contributed by atoms with Gasteiger partial charge in [0.2, 0.25) is 0 Å². The maximum absolute atomic E-state index is 11.8. The Hall–Kier alpha value is -1.37. The first-order valence-corrected chi connectivity index (χ1v) is 7.99. The van der Waals surface area contributed by atoms with Crippen LogP contribution in [-0.4, -0.2) is 42.3 Å². The first-order valence-electron chi connectivity index (χ1n) is 5.93. The van der Waals surface area contributed by atoms with E-state index < -0.39 is 21.9 Å². The summed E-state index contributed by atoms with van der Waals surface area (Å²) in [5.74, 6) is -0.752. The van der Waals surface area contributed by atoms with Crippen molar-refractivity contribution in [3.63, 3.8) is 0 Å². The van der Waals surface area contributed by atoms with E-state index in [4.69, 9.17) is 4.74 Å². The second-order valence-corrected chi connectivity index (χ2v) is 7.84. The molecule has 0 aromatic carbocycles. The third-order valence-electron chi connectivity index (χ3n) is 2.35. The van der Waals surface area contributed by atoms with Gasteiger partial charge in [-0.2, -0.15) is 5.10 Å². The minimum Gasteiger partial charge on any atom is -0.458 e. The molecule has 1 aromatic rings. The molecule has 7 heteroatoms. The highest BCUT2D eigenvalue weighted by Gasteiger charge is 2.20. The summed E-state index contributed by atoms with van der Waals surface area (Å²) in [5, 5.41) is 4.09. The summed E-state index contributed by atoms with van der Waals surface area (Å²) in [5.41, 5.74) is 0.0898. The van der Waals surface area contributed by atoms with Gasteiger partial charge < -0.3 is 4.74 Å². The van der Waals surface area contributed by atoms with Crippen LogP contribution in [0, 0.1) is 0 Å². The average molecular weight is 288 g/mol. The lowest BCUT2D eigenvalue weighted by Gasteiger charge is -2.18. The highest BCUT2D eigenvalue weighted by molar-refractivity contribution is 7.90. The number of hydrogen-bond donors (Lipinski definition) is 0. The van der Waals surface area contributed by atoms with E-state index in [0.29, 0.717) is 5.56 Å². The van der Waals surface area contributed by atoms with Crippen molar-refractivity contribution in [2.24, 2.45) is 0 Å². The maximum atomic E-state index is 11.8. The predicted octanol–water partition coefficient (Wildman–Crippen LogP) is 1.23.